The van der Waals surface area contributed by atoms with Crippen molar-refractivity contribution in [1.29, 1.82) is 0 Å². The molecule has 0 aromatic heterocycles. The predicted octanol–water partition coefficient (Wildman–Crippen LogP) is 3.74. The van der Waals surface area contributed by atoms with E-state index in [4.69, 9.17) is 31.3 Å². The summed E-state index contributed by atoms with van der Waals surface area (Å²) in [5.74, 6) is -2.23. The first kappa shape index (κ1) is 23.2. The second-order valence-electron chi connectivity index (χ2n) is 6.44. The van der Waals surface area contributed by atoms with Crippen LogP contribution in [0.4, 0.5) is 5.69 Å². The Morgan fingerprint density at radius 1 is 1.25 bits per heavy atom. The largest absolute Gasteiger partial charge is 0.493 e. The van der Waals surface area contributed by atoms with Crippen LogP contribution >= 0.6 is 23.4 Å². The van der Waals surface area contributed by atoms with Crippen molar-refractivity contribution >= 4 is 58.1 Å². The molecule has 0 atom stereocenters. The van der Waals surface area contributed by atoms with Gasteiger partial charge in [0.05, 0.1) is 28.3 Å². The highest BCUT2D eigenvalue weighted by Crippen LogP contribution is 2.39. The number of carbonyl (C=O) groups is 3. The molecule has 0 unspecified atom stereocenters. The van der Waals surface area contributed by atoms with Gasteiger partial charge in [0.25, 0.3) is 5.91 Å². The van der Waals surface area contributed by atoms with Gasteiger partial charge in [-0.05, 0) is 53.7 Å². The second-order valence-corrected chi connectivity index (χ2v) is 7.86. The topological polar surface area (TPSA) is 126 Å². The Kier molecular flexibility index (Phi) is 7.06. The van der Waals surface area contributed by atoms with E-state index in [0.717, 1.165) is 11.8 Å². The van der Waals surface area contributed by atoms with Crippen LogP contribution < -0.4 is 9.47 Å². The number of methoxy groups -OCH3 is 1. The highest BCUT2D eigenvalue weighted by molar-refractivity contribution is 8.18. The molecule has 1 fully saturated rings. The number of amidine groups is 1. The van der Waals surface area contributed by atoms with Crippen molar-refractivity contribution in [3.63, 3.8) is 0 Å². The highest BCUT2D eigenvalue weighted by Gasteiger charge is 2.30. The molecule has 166 valence electrons. The van der Waals surface area contributed by atoms with Crippen LogP contribution in [0.15, 0.2) is 46.3 Å². The van der Waals surface area contributed by atoms with Crippen LogP contribution in [-0.4, -0.2) is 58.9 Å². The van der Waals surface area contributed by atoms with Gasteiger partial charge in [0, 0.05) is 7.05 Å². The van der Waals surface area contributed by atoms with Gasteiger partial charge in [-0.15, -0.1) is 0 Å². The number of rotatable bonds is 7. The fraction of sp³-hybridized carbons (Fsp3) is 0.143. The Bertz CT molecular complexity index is 1160. The number of aromatic carboxylic acids is 1. The van der Waals surface area contributed by atoms with Crippen LogP contribution in [-0.2, 0) is 9.59 Å². The molecule has 2 aromatic carbocycles. The Labute approximate surface area is 191 Å². The third-order valence-corrected chi connectivity index (χ3v) is 5.55. The van der Waals surface area contributed by atoms with Crippen molar-refractivity contribution in [2.75, 3.05) is 20.8 Å². The van der Waals surface area contributed by atoms with E-state index in [9.17, 15) is 14.4 Å². The summed E-state index contributed by atoms with van der Waals surface area (Å²) >= 11 is 7.34. The average Bonchev–Trinajstić information content (AvgIpc) is 3.00. The van der Waals surface area contributed by atoms with Crippen molar-refractivity contribution in [2.45, 2.75) is 0 Å². The molecule has 1 aliphatic rings. The lowest BCUT2D eigenvalue weighted by atomic mass is 10.2. The number of amides is 1. The lowest BCUT2D eigenvalue weighted by Crippen LogP contribution is -2.23. The smallest absolute Gasteiger partial charge is 0.341 e. The van der Waals surface area contributed by atoms with Gasteiger partial charge in [-0.25, -0.2) is 14.6 Å². The van der Waals surface area contributed by atoms with Crippen LogP contribution in [0.25, 0.3) is 6.08 Å². The van der Waals surface area contributed by atoms with Gasteiger partial charge in [0.1, 0.15) is 0 Å². The number of hydrogen-bond acceptors (Lipinski definition) is 7. The summed E-state index contributed by atoms with van der Waals surface area (Å²) in [6.07, 6.45) is 1.59. The summed E-state index contributed by atoms with van der Waals surface area (Å²) in [4.78, 5) is 40.7. The standard InChI is InChI=1S/C21H17ClN2O7S/c1-24-19(27)16(32-21(24)23-13-5-3-4-12(9-13)20(28)29)8-11-6-14(22)18(15(7-11)30-2)31-10-17(25)26/h3-9H,10H2,1-2H3,(H,25,26)(H,28,29). The first-order valence-electron chi connectivity index (χ1n) is 9.01. The minimum Gasteiger partial charge on any atom is -0.493 e. The number of aliphatic carboxylic acids is 1. The molecule has 3 rings (SSSR count). The van der Waals surface area contributed by atoms with Gasteiger partial charge in [-0.3, -0.25) is 9.69 Å². The van der Waals surface area contributed by atoms with Crippen LogP contribution in [0.3, 0.4) is 0 Å². The summed E-state index contributed by atoms with van der Waals surface area (Å²) in [6.45, 7) is -0.585. The Hall–Kier alpha value is -3.50. The van der Waals surface area contributed by atoms with Crippen molar-refractivity contribution in [2.24, 2.45) is 4.99 Å². The molecule has 1 saturated heterocycles. The fourth-order valence-electron chi connectivity index (χ4n) is 2.72. The normalized spacial score (nSPS) is 16.0. The lowest BCUT2D eigenvalue weighted by Gasteiger charge is -2.12. The predicted molar refractivity (Wildman–Crippen MR) is 120 cm³/mol. The lowest BCUT2D eigenvalue weighted by molar-refractivity contribution is -0.139. The third-order valence-electron chi connectivity index (χ3n) is 4.21. The number of ether oxygens (including phenoxy) is 2. The zero-order valence-electron chi connectivity index (χ0n) is 16.9. The zero-order chi connectivity index (χ0) is 23.4. The number of hydrogen-bond donors (Lipinski definition) is 2. The number of halogens is 1. The monoisotopic (exact) mass is 476 g/mol. The molecule has 1 aliphatic heterocycles. The Morgan fingerprint density at radius 2 is 2.00 bits per heavy atom. The molecule has 1 amide bonds. The molecule has 0 saturated carbocycles. The van der Waals surface area contributed by atoms with E-state index in [0.29, 0.717) is 21.3 Å². The maximum absolute atomic E-state index is 12.7. The Balaban J connectivity index is 1.90. The molecule has 32 heavy (non-hydrogen) atoms. The van der Waals surface area contributed by atoms with E-state index in [2.05, 4.69) is 4.99 Å². The van der Waals surface area contributed by atoms with E-state index >= 15 is 0 Å². The molecule has 1 heterocycles. The number of benzene rings is 2. The molecular formula is C21H17ClN2O7S. The number of aliphatic imine (C=N–C) groups is 1. The van der Waals surface area contributed by atoms with E-state index in [1.807, 2.05) is 0 Å². The van der Waals surface area contributed by atoms with Gasteiger partial charge >= 0.3 is 11.9 Å². The quantitative estimate of drug-likeness (QED) is 0.579. The molecule has 0 radical (unpaired) electrons. The number of carboxylic acid groups (broad SMARTS) is 2. The molecular weight excluding hydrogens is 460 g/mol. The number of likely N-dealkylation sites (N-methyl/N-ethyl adjacent to an activating group) is 1. The number of thioether (sulfide) groups is 1. The van der Waals surface area contributed by atoms with E-state index in [1.54, 1.807) is 31.3 Å². The second kappa shape index (κ2) is 9.75. The van der Waals surface area contributed by atoms with Crippen molar-refractivity contribution < 1.29 is 34.1 Å². The maximum Gasteiger partial charge on any atom is 0.341 e. The minimum atomic E-state index is -1.16. The van der Waals surface area contributed by atoms with Crippen molar-refractivity contribution in [3.05, 3.63) is 57.5 Å². The maximum atomic E-state index is 12.7. The highest BCUT2D eigenvalue weighted by atomic mass is 35.5. The third kappa shape index (κ3) is 5.21. The average molecular weight is 477 g/mol. The molecule has 0 spiro atoms. The van der Waals surface area contributed by atoms with Gasteiger partial charge in [0.15, 0.2) is 23.3 Å². The summed E-state index contributed by atoms with van der Waals surface area (Å²) in [5.41, 5.74) is 1.03. The van der Waals surface area contributed by atoms with Gasteiger partial charge in [-0.2, -0.15) is 0 Å². The van der Waals surface area contributed by atoms with Crippen LogP contribution in [0.5, 0.6) is 11.5 Å². The number of nitrogens with zero attached hydrogens (tertiary/aromatic N) is 2. The fourth-order valence-corrected chi connectivity index (χ4v) is 3.98. The first-order chi connectivity index (χ1) is 15.2. The molecule has 0 aliphatic carbocycles. The first-order valence-corrected chi connectivity index (χ1v) is 10.2. The van der Waals surface area contributed by atoms with Crippen LogP contribution in [0, 0.1) is 0 Å². The van der Waals surface area contributed by atoms with Gasteiger partial charge < -0.3 is 19.7 Å². The number of carbonyl (C=O) groups excluding carboxylic acids is 1. The zero-order valence-corrected chi connectivity index (χ0v) is 18.4. The van der Waals surface area contributed by atoms with Gasteiger partial charge in [0.2, 0.25) is 0 Å². The summed E-state index contributed by atoms with van der Waals surface area (Å²) in [7, 11) is 2.95. The van der Waals surface area contributed by atoms with Crippen LogP contribution in [0.2, 0.25) is 5.02 Å². The van der Waals surface area contributed by atoms with Crippen molar-refractivity contribution in [1.82, 2.24) is 4.90 Å². The molecule has 11 heteroatoms. The van der Waals surface area contributed by atoms with Crippen molar-refractivity contribution in [3.8, 4) is 11.5 Å². The van der Waals surface area contributed by atoms with Gasteiger partial charge in [-0.1, -0.05) is 17.7 Å². The summed E-state index contributed by atoms with van der Waals surface area (Å²) in [5, 5.41) is 18.4. The minimum absolute atomic E-state index is 0.0850. The summed E-state index contributed by atoms with van der Waals surface area (Å²) < 4.78 is 10.4. The van der Waals surface area contributed by atoms with E-state index in [1.165, 1.54) is 30.2 Å². The number of carboxylic acids is 2. The van der Waals surface area contributed by atoms with E-state index in [-0.39, 0.29) is 28.0 Å². The Morgan fingerprint density at radius 3 is 2.66 bits per heavy atom. The molecule has 2 N–H and O–H groups in total. The summed E-state index contributed by atoms with van der Waals surface area (Å²) in [6, 6.07) is 9.16. The molecule has 0 bridgehead atoms. The molecule has 2 aromatic rings. The SMILES string of the molecule is COc1cc(C=C2SC(=Nc3cccc(C(=O)O)c3)N(C)C2=O)cc(Cl)c1OCC(=O)O. The molecule has 9 nitrogen and oxygen atoms in total. The van der Waals surface area contributed by atoms with Crippen LogP contribution in [0.1, 0.15) is 15.9 Å². The van der Waals surface area contributed by atoms with E-state index < -0.39 is 18.5 Å².